The zero-order chi connectivity index (χ0) is 11.6. The van der Waals surface area contributed by atoms with E-state index in [1.807, 2.05) is 0 Å². The monoisotopic (exact) mass is 208 g/mol. The van der Waals surface area contributed by atoms with E-state index < -0.39 is 0 Å². The van der Waals surface area contributed by atoms with Gasteiger partial charge in [-0.1, -0.05) is 34.3 Å². The lowest BCUT2D eigenvalue weighted by molar-refractivity contribution is -0.121. The van der Waals surface area contributed by atoms with Crippen molar-refractivity contribution < 1.29 is 4.79 Å². The lowest BCUT2D eigenvalue weighted by Gasteiger charge is -2.44. The molecule has 1 saturated carbocycles. The minimum Gasteiger partial charge on any atom is -0.295 e. The lowest BCUT2D eigenvalue weighted by Crippen LogP contribution is -2.37. The van der Waals surface area contributed by atoms with Gasteiger partial charge in [-0.05, 0) is 42.6 Å². The van der Waals surface area contributed by atoms with Crippen LogP contribution in [0.4, 0.5) is 0 Å². The second kappa shape index (κ2) is 4.51. The van der Waals surface area contributed by atoms with E-state index in [9.17, 15) is 4.79 Å². The zero-order valence-electron chi connectivity index (χ0n) is 10.5. The summed E-state index contributed by atoms with van der Waals surface area (Å²) in [5.74, 6) is 1.95. The van der Waals surface area contributed by atoms with Crippen molar-refractivity contribution in [3.05, 3.63) is 12.7 Å². The molecule has 1 aliphatic rings. The number of carbonyl (C=O) groups is 1. The number of hydrogen-bond donors (Lipinski definition) is 0. The molecule has 0 aromatic carbocycles. The molecular formula is C14H24O. The number of ketones is 1. The molecule has 1 aliphatic carbocycles. The maximum absolute atomic E-state index is 11.6. The molecule has 1 rings (SSSR count). The Kier molecular flexibility index (Phi) is 3.75. The maximum atomic E-state index is 11.6. The fourth-order valence-electron chi connectivity index (χ4n) is 3.31. The van der Waals surface area contributed by atoms with Crippen molar-refractivity contribution in [3.8, 4) is 0 Å². The predicted octanol–water partition coefficient (Wildman–Crippen LogP) is 3.84. The number of carbonyl (C=O) groups excluding carboxylic acids is 1. The normalized spacial score (nSPS) is 30.2. The first-order valence-corrected chi connectivity index (χ1v) is 6.04. The second-order valence-electron chi connectivity index (χ2n) is 5.92. The highest BCUT2D eigenvalue weighted by atomic mass is 16.1. The van der Waals surface area contributed by atoms with E-state index in [1.54, 1.807) is 0 Å². The highest BCUT2D eigenvalue weighted by Crippen LogP contribution is 2.46. The van der Waals surface area contributed by atoms with Gasteiger partial charge in [-0.2, -0.15) is 0 Å². The number of hydrogen-bond acceptors (Lipinski definition) is 1. The van der Waals surface area contributed by atoms with Gasteiger partial charge in [-0.15, -0.1) is 0 Å². The molecule has 0 heterocycles. The molecule has 0 N–H and O–H groups in total. The van der Waals surface area contributed by atoms with Crippen molar-refractivity contribution in [2.24, 2.45) is 23.2 Å². The highest BCUT2D eigenvalue weighted by Gasteiger charge is 2.39. The van der Waals surface area contributed by atoms with Crippen LogP contribution in [0.3, 0.4) is 0 Å². The summed E-state index contributed by atoms with van der Waals surface area (Å²) >= 11 is 0. The standard InChI is InChI=1S/C14H24O/c1-6-13(15)11-7-8-12(10(2)3)14(4,5)9-11/h6,10-12H,1,7-9H2,2-5H3. The average molecular weight is 208 g/mol. The topological polar surface area (TPSA) is 17.1 Å². The second-order valence-corrected chi connectivity index (χ2v) is 5.92. The fraction of sp³-hybridized carbons (Fsp3) is 0.786. The van der Waals surface area contributed by atoms with Crippen molar-refractivity contribution in [1.29, 1.82) is 0 Å². The van der Waals surface area contributed by atoms with Crippen molar-refractivity contribution in [3.63, 3.8) is 0 Å². The molecular weight excluding hydrogens is 184 g/mol. The Hall–Kier alpha value is -0.590. The molecule has 86 valence electrons. The van der Waals surface area contributed by atoms with E-state index in [4.69, 9.17) is 0 Å². The van der Waals surface area contributed by atoms with Crippen molar-refractivity contribution in [2.75, 3.05) is 0 Å². The first-order valence-electron chi connectivity index (χ1n) is 6.04. The Balaban J connectivity index is 2.72. The van der Waals surface area contributed by atoms with Gasteiger partial charge in [-0.3, -0.25) is 4.79 Å². The summed E-state index contributed by atoms with van der Waals surface area (Å²) in [6, 6.07) is 0. The van der Waals surface area contributed by atoms with Crippen LogP contribution in [0.5, 0.6) is 0 Å². The van der Waals surface area contributed by atoms with Gasteiger partial charge in [0.15, 0.2) is 5.78 Å². The van der Waals surface area contributed by atoms with Crippen LogP contribution in [0.2, 0.25) is 0 Å². The fourth-order valence-corrected chi connectivity index (χ4v) is 3.31. The summed E-state index contributed by atoms with van der Waals surface area (Å²) in [4.78, 5) is 11.6. The van der Waals surface area contributed by atoms with E-state index in [2.05, 4.69) is 34.3 Å². The SMILES string of the molecule is C=CC(=O)C1CCC(C(C)C)C(C)(C)C1. The minimum absolute atomic E-state index is 0.229. The van der Waals surface area contributed by atoms with Crippen LogP contribution in [0.15, 0.2) is 12.7 Å². The third kappa shape index (κ3) is 2.70. The Morgan fingerprint density at radius 2 is 2.00 bits per heavy atom. The molecule has 2 atom stereocenters. The highest BCUT2D eigenvalue weighted by molar-refractivity contribution is 5.91. The van der Waals surface area contributed by atoms with Gasteiger partial charge in [0, 0.05) is 5.92 Å². The van der Waals surface area contributed by atoms with Crippen molar-refractivity contribution in [1.82, 2.24) is 0 Å². The average Bonchev–Trinajstić information content (AvgIpc) is 2.14. The summed E-state index contributed by atoms with van der Waals surface area (Å²) in [5.41, 5.74) is 0.301. The van der Waals surface area contributed by atoms with Gasteiger partial charge in [0.25, 0.3) is 0 Å². The van der Waals surface area contributed by atoms with Gasteiger partial charge < -0.3 is 0 Å². The smallest absolute Gasteiger partial charge is 0.158 e. The molecule has 0 amide bonds. The van der Waals surface area contributed by atoms with Crippen LogP contribution in [-0.2, 0) is 4.79 Å². The molecule has 15 heavy (non-hydrogen) atoms. The summed E-state index contributed by atoms with van der Waals surface area (Å²) in [6.07, 6.45) is 4.77. The zero-order valence-corrected chi connectivity index (χ0v) is 10.5. The molecule has 1 nitrogen and oxygen atoms in total. The Labute approximate surface area is 93.9 Å². The minimum atomic E-state index is 0.229. The quantitative estimate of drug-likeness (QED) is 0.644. The predicted molar refractivity (Wildman–Crippen MR) is 64.7 cm³/mol. The van der Waals surface area contributed by atoms with Crippen LogP contribution < -0.4 is 0 Å². The molecule has 2 unspecified atom stereocenters. The number of allylic oxidation sites excluding steroid dienone is 1. The molecule has 0 spiro atoms. The Morgan fingerprint density at radius 3 is 2.40 bits per heavy atom. The Bertz CT molecular complexity index is 250. The molecule has 1 fully saturated rings. The van der Waals surface area contributed by atoms with Gasteiger partial charge >= 0.3 is 0 Å². The molecule has 0 aromatic rings. The molecule has 1 heteroatoms. The lowest BCUT2D eigenvalue weighted by atomic mass is 9.61. The van der Waals surface area contributed by atoms with E-state index >= 15 is 0 Å². The number of rotatable bonds is 3. The van der Waals surface area contributed by atoms with Gasteiger partial charge in [0.05, 0.1) is 0 Å². The largest absolute Gasteiger partial charge is 0.295 e. The first kappa shape index (κ1) is 12.5. The van der Waals surface area contributed by atoms with Crippen LogP contribution >= 0.6 is 0 Å². The molecule has 0 bridgehead atoms. The van der Waals surface area contributed by atoms with Crippen LogP contribution in [-0.4, -0.2) is 5.78 Å². The van der Waals surface area contributed by atoms with Crippen LogP contribution in [0.1, 0.15) is 47.0 Å². The van der Waals surface area contributed by atoms with Gasteiger partial charge in [0.1, 0.15) is 0 Å². The summed E-state index contributed by atoms with van der Waals surface area (Å²) in [6.45, 7) is 12.8. The van der Waals surface area contributed by atoms with E-state index in [0.29, 0.717) is 5.41 Å². The third-order valence-electron chi connectivity index (χ3n) is 4.01. The van der Waals surface area contributed by atoms with Crippen molar-refractivity contribution in [2.45, 2.75) is 47.0 Å². The summed E-state index contributed by atoms with van der Waals surface area (Å²) in [5, 5.41) is 0. The van der Waals surface area contributed by atoms with E-state index in [-0.39, 0.29) is 11.7 Å². The molecule has 0 radical (unpaired) electrons. The van der Waals surface area contributed by atoms with E-state index in [0.717, 1.165) is 24.7 Å². The molecule has 0 saturated heterocycles. The molecule has 0 aliphatic heterocycles. The van der Waals surface area contributed by atoms with Crippen LogP contribution in [0, 0.1) is 23.2 Å². The maximum Gasteiger partial charge on any atom is 0.158 e. The van der Waals surface area contributed by atoms with E-state index in [1.165, 1.54) is 12.5 Å². The third-order valence-corrected chi connectivity index (χ3v) is 4.01. The van der Waals surface area contributed by atoms with Gasteiger partial charge in [0.2, 0.25) is 0 Å². The first-order chi connectivity index (χ1) is 6.88. The summed E-state index contributed by atoms with van der Waals surface area (Å²) in [7, 11) is 0. The Morgan fingerprint density at radius 1 is 1.40 bits per heavy atom. The molecule has 0 aromatic heterocycles. The van der Waals surface area contributed by atoms with Crippen molar-refractivity contribution >= 4 is 5.78 Å². The van der Waals surface area contributed by atoms with Crippen LogP contribution in [0.25, 0.3) is 0 Å². The van der Waals surface area contributed by atoms with Gasteiger partial charge in [-0.25, -0.2) is 0 Å². The summed E-state index contributed by atoms with van der Waals surface area (Å²) < 4.78 is 0.